The average Bonchev–Trinajstić information content (AvgIpc) is 2.96. The molecule has 1 atom stereocenters. The first-order valence-corrected chi connectivity index (χ1v) is 8.71. The molecule has 1 unspecified atom stereocenters. The fourth-order valence-electron chi connectivity index (χ4n) is 3.96. The van der Waals surface area contributed by atoms with Crippen LogP contribution in [0.4, 0.5) is 0 Å². The number of likely N-dealkylation sites (tertiary alicyclic amines) is 1. The molecule has 2 fully saturated rings. The Morgan fingerprint density at radius 1 is 1.10 bits per heavy atom. The molecule has 1 spiro atoms. The number of nitrogens with zero attached hydrogens (tertiary/aromatic N) is 1. The molecule has 2 aliphatic rings. The number of hydrogen-bond acceptors (Lipinski definition) is 2. The molecule has 1 aliphatic heterocycles. The molecule has 3 heteroatoms. The average molecular weight is 303 g/mol. The highest BCUT2D eigenvalue weighted by Gasteiger charge is 2.38. The van der Waals surface area contributed by atoms with E-state index in [1.165, 1.54) is 44.1 Å². The molecule has 114 valence electrons. The fourth-order valence-corrected chi connectivity index (χ4v) is 4.34. The van der Waals surface area contributed by atoms with Crippen LogP contribution in [0.15, 0.2) is 30.3 Å². The molecule has 0 bridgehead atoms. The Hall–Kier alpha value is -0.960. The molecule has 1 amide bonds. The molecular formula is C18H25NOS. The Morgan fingerprint density at radius 3 is 2.33 bits per heavy atom. The lowest BCUT2D eigenvalue weighted by atomic mass is 9.77. The van der Waals surface area contributed by atoms with Gasteiger partial charge in [-0.25, -0.2) is 0 Å². The first-order chi connectivity index (χ1) is 10.2. The summed E-state index contributed by atoms with van der Waals surface area (Å²) in [6, 6.07) is 10.2. The van der Waals surface area contributed by atoms with Gasteiger partial charge in [-0.3, -0.25) is 4.79 Å². The highest BCUT2D eigenvalue weighted by molar-refractivity contribution is 7.81. The molecule has 3 rings (SSSR count). The molecule has 0 N–H and O–H groups in total. The Bertz CT molecular complexity index is 471. The lowest BCUT2D eigenvalue weighted by Gasteiger charge is -2.40. The summed E-state index contributed by atoms with van der Waals surface area (Å²) in [5, 5.41) is -0.204. The number of hydrogen-bond donors (Lipinski definition) is 1. The van der Waals surface area contributed by atoms with E-state index >= 15 is 0 Å². The normalized spacial score (nSPS) is 22.4. The smallest absolute Gasteiger partial charge is 0.235 e. The highest BCUT2D eigenvalue weighted by atomic mass is 32.1. The van der Waals surface area contributed by atoms with E-state index in [9.17, 15) is 4.79 Å². The van der Waals surface area contributed by atoms with E-state index in [2.05, 4.69) is 24.8 Å². The van der Waals surface area contributed by atoms with Crippen molar-refractivity contribution in [2.75, 3.05) is 13.1 Å². The van der Waals surface area contributed by atoms with E-state index in [1.54, 1.807) is 0 Å². The molecule has 1 saturated heterocycles. The van der Waals surface area contributed by atoms with Crippen molar-refractivity contribution in [3.8, 4) is 0 Å². The summed E-state index contributed by atoms with van der Waals surface area (Å²) in [4.78, 5) is 14.6. The quantitative estimate of drug-likeness (QED) is 0.844. The van der Waals surface area contributed by atoms with Crippen LogP contribution in [-0.4, -0.2) is 29.1 Å². The van der Waals surface area contributed by atoms with Gasteiger partial charge in [-0.2, -0.15) is 12.6 Å². The predicted molar refractivity (Wildman–Crippen MR) is 89.6 cm³/mol. The lowest BCUT2D eigenvalue weighted by Crippen LogP contribution is -2.45. The summed E-state index contributed by atoms with van der Waals surface area (Å²) < 4.78 is 0. The van der Waals surface area contributed by atoms with Crippen LogP contribution in [-0.2, 0) is 11.2 Å². The molecular weight excluding hydrogens is 278 g/mol. The molecule has 2 nitrogen and oxygen atoms in total. The standard InChI is InChI=1S/C18H25NOS/c20-17(16(21)14-15-6-2-1-3-7-15)19-12-10-18(11-13-19)8-4-5-9-18/h1-3,6-7,16,21H,4-5,8-14H2. The van der Waals surface area contributed by atoms with Crippen molar-refractivity contribution < 1.29 is 4.79 Å². The summed E-state index contributed by atoms with van der Waals surface area (Å²) in [6.45, 7) is 1.87. The van der Waals surface area contributed by atoms with Crippen molar-refractivity contribution in [1.29, 1.82) is 0 Å². The molecule has 1 aromatic rings. The van der Waals surface area contributed by atoms with E-state index in [1.807, 2.05) is 23.1 Å². The zero-order chi connectivity index (χ0) is 14.7. The van der Waals surface area contributed by atoms with Crippen molar-refractivity contribution in [2.45, 2.75) is 50.2 Å². The molecule has 0 radical (unpaired) electrons. The summed E-state index contributed by atoms with van der Waals surface area (Å²) in [6.07, 6.45) is 8.65. The Balaban J connectivity index is 1.54. The van der Waals surface area contributed by atoms with E-state index < -0.39 is 0 Å². The van der Waals surface area contributed by atoms with Crippen molar-refractivity contribution in [2.24, 2.45) is 5.41 Å². The summed E-state index contributed by atoms with van der Waals surface area (Å²) >= 11 is 4.56. The molecule has 21 heavy (non-hydrogen) atoms. The highest BCUT2D eigenvalue weighted by Crippen LogP contribution is 2.46. The van der Waals surface area contributed by atoms with Crippen LogP contribution in [0, 0.1) is 5.41 Å². The van der Waals surface area contributed by atoms with Crippen LogP contribution < -0.4 is 0 Å². The van der Waals surface area contributed by atoms with Gasteiger partial charge >= 0.3 is 0 Å². The molecule has 1 saturated carbocycles. The van der Waals surface area contributed by atoms with Crippen molar-refractivity contribution >= 4 is 18.5 Å². The van der Waals surface area contributed by atoms with E-state index in [0.29, 0.717) is 5.41 Å². The SMILES string of the molecule is O=C(C(S)Cc1ccccc1)N1CCC2(CCCC2)CC1. The van der Waals surface area contributed by atoms with Crippen LogP contribution >= 0.6 is 12.6 Å². The number of benzene rings is 1. The number of thiol groups is 1. The van der Waals surface area contributed by atoms with Gasteiger partial charge in [0.25, 0.3) is 0 Å². The van der Waals surface area contributed by atoms with Gasteiger partial charge in [0, 0.05) is 13.1 Å². The Morgan fingerprint density at radius 2 is 1.71 bits per heavy atom. The second kappa shape index (κ2) is 6.43. The van der Waals surface area contributed by atoms with E-state index in [0.717, 1.165) is 19.5 Å². The summed E-state index contributed by atoms with van der Waals surface area (Å²) in [5.74, 6) is 0.218. The first kappa shape index (κ1) is 15.0. The number of carbonyl (C=O) groups is 1. The number of rotatable bonds is 3. The van der Waals surface area contributed by atoms with Crippen molar-refractivity contribution in [3.63, 3.8) is 0 Å². The van der Waals surface area contributed by atoms with Gasteiger partial charge in [0.2, 0.25) is 5.91 Å². The maximum Gasteiger partial charge on any atom is 0.235 e. The van der Waals surface area contributed by atoms with Crippen molar-refractivity contribution in [1.82, 2.24) is 4.90 Å². The van der Waals surface area contributed by atoms with E-state index in [4.69, 9.17) is 0 Å². The Labute approximate surface area is 133 Å². The first-order valence-electron chi connectivity index (χ1n) is 8.19. The summed E-state index contributed by atoms with van der Waals surface area (Å²) in [7, 11) is 0. The minimum atomic E-state index is -0.204. The molecule has 0 aromatic heterocycles. The van der Waals surface area contributed by atoms with Gasteiger partial charge in [-0.15, -0.1) is 0 Å². The second-order valence-corrected chi connectivity index (χ2v) is 7.36. The number of piperidine rings is 1. The predicted octanol–water partition coefficient (Wildman–Crippen LogP) is 3.71. The minimum absolute atomic E-state index is 0.204. The molecule has 1 aliphatic carbocycles. The number of carbonyl (C=O) groups excluding carboxylic acids is 1. The van der Waals surface area contributed by atoms with Crippen LogP contribution in [0.5, 0.6) is 0 Å². The van der Waals surface area contributed by atoms with Crippen LogP contribution in [0.3, 0.4) is 0 Å². The monoisotopic (exact) mass is 303 g/mol. The Kier molecular flexibility index (Phi) is 4.58. The second-order valence-electron chi connectivity index (χ2n) is 6.74. The maximum absolute atomic E-state index is 12.6. The van der Waals surface area contributed by atoms with Gasteiger partial charge in [0.1, 0.15) is 0 Å². The zero-order valence-electron chi connectivity index (χ0n) is 12.6. The molecule has 1 heterocycles. The van der Waals surface area contributed by atoms with Gasteiger partial charge in [0.15, 0.2) is 0 Å². The van der Waals surface area contributed by atoms with Gasteiger partial charge < -0.3 is 4.90 Å². The number of amides is 1. The van der Waals surface area contributed by atoms with Gasteiger partial charge in [-0.05, 0) is 43.1 Å². The molecule has 1 aromatic carbocycles. The summed E-state index contributed by atoms with van der Waals surface area (Å²) in [5.41, 5.74) is 1.76. The van der Waals surface area contributed by atoms with Crippen LogP contribution in [0.1, 0.15) is 44.1 Å². The topological polar surface area (TPSA) is 20.3 Å². The lowest BCUT2D eigenvalue weighted by molar-refractivity contribution is -0.132. The van der Waals surface area contributed by atoms with Crippen LogP contribution in [0.2, 0.25) is 0 Å². The van der Waals surface area contributed by atoms with E-state index in [-0.39, 0.29) is 11.2 Å². The van der Waals surface area contributed by atoms with Gasteiger partial charge in [-0.1, -0.05) is 43.2 Å². The van der Waals surface area contributed by atoms with Crippen molar-refractivity contribution in [3.05, 3.63) is 35.9 Å². The third kappa shape index (κ3) is 3.45. The van der Waals surface area contributed by atoms with Gasteiger partial charge in [0.05, 0.1) is 5.25 Å². The third-order valence-corrected chi connectivity index (χ3v) is 5.76. The fraction of sp³-hybridized carbons (Fsp3) is 0.611. The largest absolute Gasteiger partial charge is 0.342 e. The zero-order valence-corrected chi connectivity index (χ0v) is 13.5. The van der Waals surface area contributed by atoms with Crippen LogP contribution in [0.25, 0.3) is 0 Å². The maximum atomic E-state index is 12.6. The minimum Gasteiger partial charge on any atom is -0.342 e. The third-order valence-electron chi connectivity index (χ3n) is 5.36.